The van der Waals surface area contributed by atoms with Crippen molar-refractivity contribution in [1.82, 2.24) is 15.5 Å². The lowest BCUT2D eigenvalue weighted by molar-refractivity contribution is -0.122. The fraction of sp³-hybridized carbons (Fsp3) is 0.533. The van der Waals surface area contributed by atoms with Gasteiger partial charge in [-0.3, -0.25) is 9.69 Å². The van der Waals surface area contributed by atoms with Crippen molar-refractivity contribution in [2.24, 2.45) is 0 Å². The van der Waals surface area contributed by atoms with Crippen LogP contribution in [0, 0.1) is 12.7 Å². The normalized spacial score (nSPS) is 19.9. The number of piperazine rings is 1. The standard InChI is InChI=1S/C15H22FN3O/c1-11-7-13(3-4-14(11)16)8-18-15(20)10-19-6-5-17-12(2)9-19/h3-4,7,12,17H,5-6,8-10H2,1-2H3,(H,18,20)/t12-/m0/s1. The van der Waals surface area contributed by atoms with E-state index in [1.165, 1.54) is 6.07 Å². The number of aryl methyl sites for hydroxylation is 1. The Labute approximate surface area is 119 Å². The van der Waals surface area contributed by atoms with Crippen LogP contribution in [0.25, 0.3) is 0 Å². The SMILES string of the molecule is Cc1cc(CNC(=O)CN2CCN[C@@H](C)C2)ccc1F. The summed E-state index contributed by atoms with van der Waals surface area (Å²) < 4.78 is 13.1. The van der Waals surface area contributed by atoms with Gasteiger partial charge in [0.1, 0.15) is 5.82 Å². The number of amides is 1. The molecule has 0 bridgehead atoms. The average molecular weight is 279 g/mol. The van der Waals surface area contributed by atoms with Crippen molar-refractivity contribution in [3.63, 3.8) is 0 Å². The molecule has 0 radical (unpaired) electrons. The van der Waals surface area contributed by atoms with Gasteiger partial charge < -0.3 is 10.6 Å². The van der Waals surface area contributed by atoms with E-state index in [1.54, 1.807) is 19.1 Å². The highest BCUT2D eigenvalue weighted by Crippen LogP contribution is 2.08. The first-order valence-electron chi connectivity index (χ1n) is 7.02. The van der Waals surface area contributed by atoms with E-state index in [-0.39, 0.29) is 11.7 Å². The lowest BCUT2D eigenvalue weighted by Crippen LogP contribution is -2.51. The molecular formula is C15H22FN3O. The minimum Gasteiger partial charge on any atom is -0.351 e. The molecule has 0 aromatic heterocycles. The van der Waals surface area contributed by atoms with Crippen molar-refractivity contribution in [1.29, 1.82) is 0 Å². The summed E-state index contributed by atoms with van der Waals surface area (Å²) in [6, 6.07) is 5.34. The van der Waals surface area contributed by atoms with Crippen LogP contribution < -0.4 is 10.6 Å². The molecule has 1 heterocycles. The first-order valence-corrected chi connectivity index (χ1v) is 7.02. The van der Waals surface area contributed by atoms with Gasteiger partial charge in [-0.05, 0) is 31.0 Å². The van der Waals surface area contributed by atoms with E-state index in [4.69, 9.17) is 0 Å². The number of hydrogen-bond donors (Lipinski definition) is 2. The molecule has 1 aromatic rings. The second-order valence-corrected chi connectivity index (χ2v) is 5.45. The van der Waals surface area contributed by atoms with Crippen LogP contribution in [0.15, 0.2) is 18.2 Å². The number of hydrogen-bond acceptors (Lipinski definition) is 3. The van der Waals surface area contributed by atoms with Gasteiger partial charge in [0.05, 0.1) is 6.54 Å². The summed E-state index contributed by atoms with van der Waals surface area (Å²) >= 11 is 0. The van der Waals surface area contributed by atoms with Gasteiger partial charge in [0.2, 0.25) is 5.91 Å². The zero-order valence-corrected chi connectivity index (χ0v) is 12.1. The van der Waals surface area contributed by atoms with Crippen LogP contribution >= 0.6 is 0 Å². The Morgan fingerprint density at radius 2 is 2.35 bits per heavy atom. The molecule has 1 atom stereocenters. The summed E-state index contributed by atoms with van der Waals surface area (Å²) in [6.07, 6.45) is 0. The van der Waals surface area contributed by atoms with Crippen molar-refractivity contribution >= 4 is 5.91 Å². The van der Waals surface area contributed by atoms with Crippen molar-refractivity contribution in [3.05, 3.63) is 35.1 Å². The quantitative estimate of drug-likeness (QED) is 0.866. The van der Waals surface area contributed by atoms with Gasteiger partial charge in [0.15, 0.2) is 0 Å². The van der Waals surface area contributed by atoms with Crippen molar-refractivity contribution < 1.29 is 9.18 Å². The Hall–Kier alpha value is -1.46. The Kier molecular flexibility index (Phi) is 5.09. The Balaban J connectivity index is 1.78. The van der Waals surface area contributed by atoms with Gasteiger partial charge in [-0.25, -0.2) is 4.39 Å². The molecule has 1 saturated heterocycles. The summed E-state index contributed by atoms with van der Waals surface area (Å²) in [7, 11) is 0. The fourth-order valence-corrected chi connectivity index (χ4v) is 2.43. The zero-order valence-electron chi connectivity index (χ0n) is 12.1. The summed E-state index contributed by atoms with van der Waals surface area (Å²) in [4.78, 5) is 14.0. The molecule has 5 heteroatoms. The molecule has 0 aliphatic carbocycles. The Morgan fingerprint density at radius 1 is 1.55 bits per heavy atom. The molecule has 2 N–H and O–H groups in total. The number of benzene rings is 1. The number of rotatable bonds is 4. The molecule has 4 nitrogen and oxygen atoms in total. The maximum absolute atomic E-state index is 13.1. The summed E-state index contributed by atoms with van der Waals surface area (Å²) in [5, 5.41) is 6.23. The second-order valence-electron chi connectivity index (χ2n) is 5.45. The number of carbonyl (C=O) groups excluding carboxylic acids is 1. The molecule has 2 rings (SSSR count). The average Bonchev–Trinajstić information content (AvgIpc) is 2.40. The van der Waals surface area contributed by atoms with E-state index in [9.17, 15) is 9.18 Å². The van der Waals surface area contributed by atoms with E-state index in [1.807, 2.05) is 0 Å². The first kappa shape index (κ1) is 14.9. The topological polar surface area (TPSA) is 44.4 Å². The maximum Gasteiger partial charge on any atom is 0.234 e. The lowest BCUT2D eigenvalue weighted by Gasteiger charge is -2.31. The number of carbonyl (C=O) groups is 1. The van der Waals surface area contributed by atoms with Gasteiger partial charge >= 0.3 is 0 Å². The van der Waals surface area contributed by atoms with Gasteiger partial charge in [0, 0.05) is 32.2 Å². The van der Waals surface area contributed by atoms with E-state index >= 15 is 0 Å². The third-order valence-corrected chi connectivity index (χ3v) is 3.53. The molecule has 20 heavy (non-hydrogen) atoms. The lowest BCUT2D eigenvalue weighted by atomic mass is 10.1. The smallest absolute Gasteiger partial charge is 0.234 e. The molecular weight excluding hydrogens is 257 g/mol. The van der Waals surface area contributed by atoms with Gasteiger partial charge in [-0.1, -0.05) is 12.1 Å². The number of halogens is 1. The zero-order chi connectivity index (χ0) is 14.5. The van der Waals surface area contributed by atoms with Crippen LogP contribution in [-0.4, -0.2) is 43.0 Å². The Morgan fingerprint density at radius 3 is 3.05 bits per heavy atom. The predicted octanol–water partition coefficient (Wildman–Crippen LogP) is 1.04. The van der Waals surface area contributed by atoms with Crippen LogP contribution in [0.2, 0.25) is 0 Å². The van der Waals surface area contributed by atoms with Crippen LogP contribution in [0.5, 0.6) is 0 Å². The van der Waals surface area contributed by atoms with Gasteiger partial charge in [-0.15, -0.1) is 0 Å². The van der Waals surface area contributed by atoms with E-state index in [0.29, 0.717) is 24.7 Å². The van der Waals surface area contributed by atoms with Crippen molar-refractivity contribution in [2.45, 2.75) is 26.4 Å². The fourth-order valence-electron chi connectivity index (χ4n) is 2.43. The predicted molar refractivity (Wildman–Crippen MR) is 76.9 cm³/mol. The van der Waals surface area contributed by atoms with Gasteiger partial charge in [-0.2, -0.15) is 0 Å². The largest absolute Gasteiger partial charge is 0.351 e. The van der Waals surface area contributed by atoms with Crippen LogP contribution in [-0.2, 0) is 11.3 Å². The summed E-state index contributed by atoms with van der Waals surface area (Å²) in [5.41, 5.74) is 1.53. The van der Waals surface area contributed by atoms with E-state index in [2.05, 4.69) is 22.5 Å². The highest BCUT2D eigenvalue weighted by atomic mass is 19.1. The molecule has 1 fully saturated rings. The van der Waals surface area contributed by atoms with Crippen molar-refractivity contribution in [2.75, 3.05) is 26.2 Å². The van der Waals surface area contributed by atoms with Crippen LogP contribution in [0.1, 0.15) is 18.1 Å². The number of nitrogens with zero attached hydrogens (tertiary/aromatic N) is 1. The molecule has 0 spiro atoms. The molecule has 0 saturated carbocycles. The third kappa shape index (κ3) is 4.28. The van der Waals surface area contributed by atoms with Crippen LogP contribution in [0.4, 0.5) is 4.39 Å². The van der Waals surface area contributed by atoms with Crippen LogP contribution in [0.3, 0.4) is 0 Å². The second kappa shape index (κ2) is 6.81. The molecule has 1 aromatic carbocycles. The van der Waals surface area contributed by atoms with Gasteiger partial charge in [0.25, 0.3) is 0 Å². The highest BCUT2D eigenvalue weighted by molar-refractivity contribution is 5.78. The molecule has 110 valence electrons. The maximum atomic E-state index is 13.1. The minimum atomic E-state index is -0.213. The van der Waals surface area contributed by atoms with E-state index in [0.717, 1.165) is 25.2 Å². The highest BCUT2D eigenvalue weighted by Gasteiger charge is 2.17. The molecule has 1 aliphatic rings. The van der Waals surface area contributed by atoms with Crippen molar-refractivity contribution in [3.8, 4) is 0 Å². The summed E-state index contributed by atoms with van der Waals surface area (Å²) in [5.74, 6) is -0.198. The Bertz CT molecular complexity index is 478. The molecule has 1 amide bonds. The summed E-state index contributed by atoms with van der Waals surface area (Å²) in [6.45, 7) is 7.42. The third-order valence-electron chi connectivity index (χ3n) is 3.53. The molecule has 1 aliphatic heterocycles. The minimum absolute atomic E-state index is 0.0149. The monoisotopic (exact) mass is 279 g/mol. The first-order chi connectivity index (χ1) is 9.54. The van der Waals surface area contributed by atoms with E-state index < -0.39 is 0 Å². The molecule has 0 unspecified atom stereocenters. The number of nitrogens with one attached hydrogen (secondary N) is 2.